The first kappa shape index (κ1) is 15.6. The van der Waals surface area contributed by atoms with E-state index < -0.39 is 10.0 Å². The monoisotopic (exact) mass is 331 g/mol. The average Bonchev–Trinajstić information content (AvgIpc) is 2.90. The summed E-state index contributed by atoms with van der Waals surface area (Å²) in [7, 11) is -3.58. The molecule has 2 rings (SSSR count). The Balaban J connectivity index is 2.14. The van der Waals surface area contributed by atoms with Gasteiger partial charge in [-0.15, -0.1) is 0 Å². The van der Waals surface area contributed by atoms with E-state index in [2.05, 4.69) is 0 Å². The van der Waals surface area contributed by atoms with E-state index in [4.69, 9.17) is 11.6 Å². The molecule has 1 aromatic rings. The van der Waals surface area contributed by atoms with Crippen LogP contribution in [0.5, 0.6) is 0 Å². The molecule has 0 spiro atoms. The second kappa shape index (κ2) is 6.30. The van der Waals surface area contributed by atoms with Crippen molar-refractivity contribution in [1.82, 2.24) is 4.31 Å². The number of carbonyl (C=O) groups excluding carboxylic acids is 1. The zero-order valence-corrected chi connectivity index (χ0v) is 13.3. The van der Waals surface area contributed by atoms with Crippen molar-refractivity contribution in [2.45, 2.75) is 11.8 Å². The first-order chi connectivity index (χ1) is 9.45. The SMILES string of the molecule is CCSC(=O)C1=CCN(S(=O)(=O)c2ccc(Cl)cc2)C1. The Morgan fingerprint density at radius 3 is 2.60 bits per heavy atom. The molecule has 0 bridgehead atoms. The standard InChI is InChI=1S/C13H14ClNO3S2/c1-2-19-13(16)10-7-8-15(9-10)20(17,18)12-5-3-11(14)4-6-12/h3-7H,2,8-9H2,1H3. The van der Waals surface area contributed by atoms with E-state index in [0.717, 1.165) is 0 Å². The quantitative estimate of drug-likeness (QED) is 0.850. The van der Waals surface area contributed by atoms with Crippen LogP contribution in [0, 0.1) is 0 Å². The van der Waals surface area contributed by atoms with Gasteiger partial charge in [-0.05, 0) is 30.0 Å². The summed E-state index contributed by atoms with van der Waals surface area (Å²) in [5, 5.41) is 0.431. The smallest absolute Gasteiger partial charge is 0.243 e. The van der Waals surface area contributed by atoms with E-state index in [1.165, 1.54) is 40.3 Å². The lowest BCUT2D eigenvalue weighted by molar-refractivity contribution is -0.107. The summed E-state index contributed by atoms with van der Waals surface area (Å²) < 4.78 is 26.1. The molecule has 1 aliphatic rings. The maximum atomic E-state index is 12.4. The van der Waals surface area contributed by atoms with Crippen LogP contribution in [0.4, 0.5) is 0 Å². The molecule has 4 nitrogen and oxygen atoms in total. The summed E-state index contributed by atoms with van der Waals surface area (Å²) in [6.45, 7) is 2.26. The number of benzene rings is 1. The first-order valence-corrected chi connectivity index (χ1v) is 8.87. The molecule has 108 valence electrons. The van der Waals surface area contributed by atoms with Crippen molar-refractivity contribution in [3.8, 4) is 0 Å². The Bertz CT molecular complexity index is 638. The third-order valence-corrected chi connectivity index (χ3v) is 5.77. The predicted molar refractivity (Wildman–Crippen MR) is 81.4 cm³/mol. The van der Waals surface area contributed by atoms with Crippen molar-refractivity contribution < 1.29 is 13.2 Å². The summed E-state index contributed by atoms with van der Waals surface area (Å²) in [4.78, 5) is 11.9. The van der Waals surface area contributed by atoms with Gasteiger partial charge in [-0.25, -0.2) is 8.42 Å². The predicted octanol–water partition coefficient (Wildman–Crippen LogP) is 2.55. The molecule has 0 unspecified atom stereocenters. The fraction of sp³-hybridized carbons (Fsp3) is 0.308. The van der Waals surface area contributed by atoms with Crippen LogP contribution in [0.25, 0.3) is 0 Å². The highest BCUT2D eigenvalue weighted by atomic mass is 35.5. The van der Waals surface area contributed by atoms with Crippen LogP contribution in [0.15, 0.2) is 40.8 Å². The van der Waals surface area contributed by atoms with Crippen molar-refractivity contribution >= 4 is 38.5 Å². The molecule has 0 N–H and O–H groups in total. The molecule has 0 aromatic heterocycles. The fourth-order valence-corrected chi connectivity index (χ4v) is 3.92. The van der Waals surface area contributed by atoms with Crippen LogP contribution in [0.2, 0.25) is 5.02 Å². The van der Waals surface area contributed by atoms with Gasteiger partial charge in [-0.3, -0.25) is 4.79 Å². The first-order valence-electron chi connectivity index (χ1n) is 6.07. The largest absolute Gasteiger partial charge is 0.282 e. The number of sulfonamides is 1. The van der Waals surface area contributed by atoms with E-state index in [1.807, 2.05) is 6.92 Å². The second-order valence-corrected chi connectivity index (χ2v) is 7.81. The van der Waals surface area contributed by atoms with Crippen LogP contribution in [-0.4, -0.2) is 36.7 Å². The number of carbonyl (C=O) groups is 1. The molecule has 0 atom stereocenters. The number of halogens is 1. The molecule has 0 amide bonds. The van der Waals surface area contributed by atoms with Crippen LogP contribution < -0.4 is 0 Å². The Morgan fingerprint density at radius 1 is 1.35 bits per heavy atom. The van der Waals surface area contributed by atoms with E-state index >= 15 is 0 Å². The summed E-state index contributed by atoms with van der Waals surface area (Å²) in [5.41, 5.74) is 0.550. The van der Waals surface area contributed by atoms with Gasteiger partial charge in [0.15, 0.2) is 0 Å². The molecule has 1 heterocycles. The number of nitrogens with zero attached hydrogens (tertiary/aromatic N) is 1. The summed E-state index contributed by atoms with van der Waals surface area (Å²) in [5.74, 6) is 0.681. The highest BCUT2D eigenvalue weighted by molar-refractivity contribution is 8.14. The van der Waals surface area contributed by atoms with E-state index in [0.29, 0.717) is 16.3 Å². The van der Waals surface area contributed by atoms with Crippen LogP contribution in [0.3, 0.4) is 0 Å². The fourth-order valence-electron chi connectivity index (χ4n) is 1.84. The maximum absolute atomic E-state index is 12.4. The molecule has 20 heavy (non-hydrogen) atoms. The van der Waals surface area contributed by atoms with Gasteiger partial charge in [-0.2, -0.15) is 4.31 Å². The lowest BCUT2D eigenvalue weighted by atomic mass is 10.3. The molecular weight excluding hydrogens is 318 g/mol. The van der Waals surface area contributed by atoms with Gasteiger partial charge in [0.2, 0.25) is 15.1 Å². The summed E-state index contributed by atoms with van der Waals surface area (Å²) in [6.07, 6.45) is 1.68. The Kier molecular flexibility index (Phi) is 4.90. The van der Waals surface area contributed by atoms with E-state index in [9.17, 15) is 13.2 Å². The van der Waals surface area contributed by atoms with Gasteiger partial charge >= 0.3 is 0 Å². The number of hydrogen-bond acceptors (Lipinski definition) is 4. The minimum atomic E-state index is -3.58. The normalized spacial score (nSPS) is 16.2. The molecule has 0 aliphatic carbocycles. The van der Waals surface area contributed by atoms with Crippen LogP contribution >= 0.6 is 23.4 Å². The second-order valence-electron chi connectivity index (χ2n) is 4.20. The van der Waals surface area contributed by atoms with Crippen molar-refractivity contribution in [3.05, 3.63) is 40.9 Å². The molecule has 0 saturated heterocycles. The molecule has 0 fully saturated rings. The Labute approximate surface area is 127 Å². The van der Waals surface area contributed by atoms with Crippen molar-refractivity contribution in [2.75, 3.05) is 18.8 Å². The molecule has 1 aromatic carbocycles. The zero-order valence-electron chi connectivity index (χ0n) is 10.9. The van der Waals surface area contributed by atoms with Gasteiger partial charge < -0.3 is 0 Å². The third-order valence-electron chi connectivity index (χ3n) is 2.88. The Morgan fingerprint density at radius 2 is 2.00 bits per heavy atom. The van der Waals surface area contributed by atoms with Crippen LogP contribution in [0.1, 0.15) is 6.92 Å². The summed E-state index contributed by atoms with van der Waals surface area (Å²) >= 11 is 6.95. The minimum absolute atomic E-state index is 0.0543. The van der Waals surface area contributed by atoms with Crippen molar-refractivity contribution in [2.24, 2.45) is 0 Å². The van der Waals surface area contributed by atoms with Gasteiger partial charge in [0, 0.05) is 23.7 Å². The number of thioether (sulfide) groups is 1. The molecule has 1 aliphatic heterocycles. The van der Waals surface area contributed by atoms with Gasteiger partial charge in [0.25, 0.3) is 0 Å². The van der Waals surface area contributed by atoms with Gasteiger partial charge in [-0.1, -0.05) is 36.4 Å². The lowest BCUT2D eigenvalue weighted by Gasteiger charge is -2.16. The minimum Gasteiger partial charge on any atom is -0.282 e. The maximum Gasteiger partial charge on any atom is 0.243 e. The molecular formula is C13H14ClNO3S2. The Hall–Kier alpha value is -0.820. The number of rotatable bonds is 4. The lowest BCUT2D eigenvalue weighted by Crippen LogP contribution is -2.29. The highest BCUT2D eigenvalue weighted by Gasteiger charge is 2.30. The average molecular weight is 332 g/mol. The topological polar surface area (TPSA) is 54.5 Å². The number of hydrogen-bond donors (Lipinski definition) is 0. The van der Waals surface area contributed by atoms with Gasteiger partial charge in [0.1, 0.15) is 0 Å². The highest BCUT2D eigenvalue weighted by Crippen LogP contribution is 2.24. The van der Waals surface area contributed by atoms with Gasteiger partial charge in [0.05, 0.1) is 4.90 Å². The molecule has 7 heteroatoms. The van der Waals surface area contributed by atoms with E-state index in [-0.39, 0.29) is 23.1 Å². The zero-order chi connectivity index (χ0) is 14.8. The molecule has 0 radical (unpaired) electrons. The third kappa shape index (κ3) is 3.25. The van der Waals surface area contributed by atoms with Crippen molar-refractivity contribution in [3.63, 3.8) is 0 Å². The van der Waals surface area contributed by atoms with E-state index in [1.54, 1.807) is 6.08 Å². The van der Waals surface area contributed by atoms with Crippen molar-refractivity contribution in [1.29, 1.82) is 0 Å². The van der Waals surface area contributed by atoms with Crippen LogP contribution in [-0.2, 0) is 14.8 Å². The molecule has 0 saturated carbocycles. The summed E-state index contributed by atoms with van der Waals surface area (Å²) in [6, 6.07) is 6.02.